The zero-order chi connectivity index (χ0) is 14.0. The van der Waals surface area contributed by atoms with Gasteiger partial charge in [-0.05, 0) is 17.5 Å². The summed E-state index contributed by atoms with van der Waals surface area (Å²) in [5.41, 5.74) is 1.35. The van der Waals surface area contributed by atoms with Crippen LogP contribution in [0.1, 0.15) is 29.0 Å². The summed E-state index contributed by atoms with van der Waals surface area (Å²) in [5.74, 6) is -2.90. The van der Waals surface area contributed by atoms with Crippen molar-refractivity contribution in [1.82, 2.24) is 0 Å². The number of halogens is 4. The van der Waals surface area contributed by atoms with Gasteiger partial charge >= 0.3 is 0 Å². The van der Waals surface area contributed by atoms with E-state index in [2.05, 4.69) is 0 Å². The van der Waals surface area contributed by atoms with Crippen molar-refractivity contribution < 1.29 is 13.2 Å². The third kappa shape index (κ3) is 2.92. The standard InChI is InChI=1S/C15H12ClF3/c1-2-9-3-5-10(6-4-9)15(16)14-12(18)7-11(17)8-13(14)19/h3-8,15H,2H2,1H3. The zero-order valence-corrected chi connectivity index (χ0v) is 11.0. The van der Waals surface area contributed by atoms with E-state index in [1.54, 1.807) is 12.1 Å². The molecule has 0 saturated carbocycles. The van der Waals surface area contributed by atoms with E-state index < -0.39 is 22.8 Å². The second-order valence-electron chi connectivity index (χ2n) is 4.24. The van der Waals surface area contributed by atoms with Crippen LogP contribution >= 0.6 is 11.6 Å². The van der Waals surface area contributed by atoms with Crippen LogP contribution in [0.15, 0.2) is 36.4 Å². The van der Waals surface area contributed by atoms with E-state index in [0.29, 0.717) is 17.7 Å². The lowest BCUT2D eigenvalue weighted by atomic mass is 10.0. The van der Waals surface area contributed by atoms with Crippen LogP contribution in [0.5, 0.6) is 0 Å². The summed E-state index contributed by atoms with van der Waals surface area (Å²) in [4.78, 5) is 0. The molecule has 1 atom stereocenters. The van der Waals surface area contributed by atoms with Gasteiger partial charge in [0.15, 0.2) is 0 Å². The van der Waals surface area contributed by atoms with Crippen LogP contribution in [-0.2, 0) is 6.42 Å². The highest BCUT2D eigenvalue weighted by molar-refractivity contribution is 6.22. The van der Waals surface area contributed by atoms with Crippen molar-refractivity contribution in [3.63, 3.8) is 0 Å². The molecule has 0 fully saturated rings. The van der Waals surface area contributed by atoms with Gasteiger partial charge in [-0.15, -0.1) is 11.6 Å². The Balaban J connectivity index is 2.40. The third-order valence-corrected chi connectivity index (χ3v) is 3.45. The number of hydrogen-bond donors (Lipinski definition) is 0. The smallest absolute Gasteiger partial charge is 0.134 e. The second-order valence-corrected chi connectivity index (χ2v) is 4.68. The maximum atomic E-state index is 13.6. The van der Waals surface area contributed by atoms with Gasteiger partial charge in [0, 0.05) is 17.7 Å². The van der Waals surface area contributed by atoms with Crippen LogP contribution in [0.3, 0.4) is 0 Å². The predicted molar refractivity (Wildman–Crippen MR) is 69.8 cm³/mol. The van der Waals surface area contributed by atoms with Gasteiger partial charge in [0.1, 0.15) is 17.5 Å². The maximum Gasteiger partial charge on any atom is 0.134 e. The molecule has 0 amide bonds. The van der Waals surface area contributed by atoms with Crippen molar-refractivity contribution in [2.24, 2.45) is 0 Å². The number of hydrogen-bond acceptors (Lipinski definition) is 0. The quantitative estimate of drug-likeness (QED) is 0.696. The summed E-state index contributed by atoms with van der Waals surface area (Å²) in [5, 5.41) is -0.980. The molecule has 2 aromatic carbocycles. The average molecular weight is 285 g/mol. The topological polar surface area (TPSA) is 0 Å². The van der Waals surface area contributed by atoms with Gasteiger partial charge in [-0.1, -0.05) is 31.2 Å². The first kappa shape index (κ1) is 13.9. The van der Waals surface area contributed by atoms with E-state index in [9.17, 15) is 13.2 Å². The van der Waals surface area contributed by atoms with E-state index in [-0.39, 0.29) is 5.56 Å². The molecule has 0 radical (unpaired) electrons. The minimum atomic E-state index is -0.980. The lowest BCUT2D eigenvalue weighted by Gasteiger charge is -2.13. The zero-order valence-electron chi connectivity index (χ0n) is 10.3. The van der Waals surface area contributed by atoms with Gasteiger partial charge in [0.25, 0.3) is 0 Å². The molecule has 0 nitrogen and oxygen atoms in total. The van der Waals surface area contributed by atoms with E-state index in [1.807, 2.05) is 19.1 Å². The predicted octanol–water partition coefficient (Wildman–Crippen LogP) is 4.99. The number of aryl methyl sites for hydroxylation is 1. The van der Waals surface area contributed by atoms with Crippen LogP contribution in [0.4, 0.5) is 13.2 Å². The Labute approximate surface area is 114 Å². The summed E-state index contributed by atoms with van der Waals surface area (Å²) in [6, 6.07) is 8.41. The molecule has 0 aliphatic heterocycles. The molecule has 0 bridgehead atoms. The molecule has 0 aromatic heterocycles. The fourth-order valence-electron chi connectivity index (χ4n) is 1.88. The first-order valence-corrected chi connectivity index (χ1v) is 6.34. The Hall–Kier alpha value is -1.48. The minimum Gasteiger partial charge on any atom is -0.207 e. The van der Waals surface area contributed by atoms with Gasteiger partial charge < -0.3 is 0 Å². The number of rotatable bonds is 3. The van der Waals surface area contributed by atoms with Crippen molar-refractivity contribution in [2.45, 2.75) is 18.7 Å². The Bertz CT molecular complexity index is 555. The Morgan fingerprint density at radius 2 is 1.53 bits per heavy atom. The fraction of sp³-hybridized carbons (Fsp3) is 0.200. The van der Waals surface area contributed by atoms with Gasteiger partial charge in [-0.25, -0.2) is 13.2 Å². The van der Waals surface area contributed by atoms with Gasteiger partial charge in [-0.2, -0.15) is 0 Å². The molecule has 19 heavy (non-hydrogen) atoms. The van der Waals surface area contributed by atoms with E-state index in [4.69, 9.17) is 11.6 Å². The van der Waals surface area contributed by atoms with Crippen LogP contribution in [0, 0.1) is 17.5 Å². The highest BCUT2D eigenvalue weighted by atomic mass is 35.5. The molecule has 2 aromatic rings. The Kier molecular flexibility index (Phi) is 4.15. The van der Waals surface area contributed by atoms with Crippen LogP contribution in [0.2, 0.25) is 0 Å². The lowest BCUT2D eigenvalue weighted by molar-refractivity contribution is 0.526. The summed E-state index contributed by atoms with van der Waals surface area (Å²) in [6.45, 7) is 2.01. The molecule has 2 rings (SSSR count). The van der Waals surface area contributed by atoms with Crippen molar-refractivity contribution in [2.75, 3.05) is 0 Å². The van der Waals surface area contributed by atoms with Crippen LogP contribution < -0.4 is 0 Å². The van der Waals surface area contributed by atoms with Crippen molar-refractivity contribution in [3.8, 4) is 0 Å². The number of benzene rings is 2. The van der Waals surface area contributed by atoms with Crippen LogP contribution in [-0.4, -0.2) is 0 Å². The van der Waals surface area contributed by atoms with Crippen molar-refractivity contribution >= 4 is 11.6 Å². The second kappa shape index (κ2) is 5.66. The van der Waals surface area contributed by atoms with E-state index >= 15 is 0 Å². The molecule has 0 N–H and O–H groups in total. The van der Waals surface area contributed by atoms with Crippen molar-refractivity contribution in [1.29, 1.82) is 0 Å². The molecular weight excluding hydrogens is 273 g/mol. The minimum absolute atomic E-state index is 0.327. The van der Waals surface area contributed by atoms with Crippen LogP contribution in [0.25, 0.3) is 0 Å². The van der Waals surface area contributed by atoms with Gasteiger partial charge in [-0.3, -0.25) is 0 Å². The summed E-state index contributed by atoms with van der Waals surface area (Å²) >= 11 is 6.09. The summed E-state index contributed by atoms with van der Waals surface area (Å²) in [6.07, 6.45) is 0.868. The third-order valence-electron chi connectivity index (χ3n) is 2.98. The first-order chi connectivity index (χ1) is 9.02. The highest BCUT2D eigenvalue weighted by Crippen LogP contribution is 2.33. The molecule has 0 aliphatic carbocycles. The lowest BCUT2D eigenvalue weighted by Crippen LogP contribution is -2.02. The van der Waals surface area contributed by atoms with E-state index in [1.165, 1.54) is 0 Å². The Morgan fingerprint density at radius 3 is 2.00 bits per heavy atom. The first-order valence-electron chi connectivity index (χ1n) is 5.90. The molecule has 4 heteroatoms. The summed E-state index contributed by atoms with van der Waals surface area (Å²) in [7, 11) is 0. The molecule has 0 spiro atoms. The van der Waals surface area contributed by atoms with Gasteiger partial charge in [0.2, 0.25) is 0 Å². The molecule has 100 valence electrons. The van der Waals surface area contributed by atoms with Gasteiger partial charge in [0.05, 0.1) is 5.38 Å². The fourth-order valence-corrected chi connectivity index (χ4v) is 2.24. The number of alkyl halides is 1. The largest absolute Gasteiger partial charge is 0.207 e. The molecule has 0 aliphatic rings. The SMILES string of the molecule is CCc1ccc(C(Cl)c2c(F)cc(F)cc2F)cc1. The monoisotopic (exact) mass is 284 g/mol. The maximum absolute atomic E-state index is 13.6. The summed E-state index contributed by atoms with van der Waals surface area (Å²) < 4.78 is 40.1. The van der Waals surface area contributed by atoms with Crippen molar-refractivity contribution in [3.05, 3.63) is 70.5 Å². The molecule has 1 unspecified atom stereocenters. The van der Waals surface area contributed by atoms with E-state index in [0.717, 1.165) is 12.0 Å². The average Bonchev–Trinajstić information content (AvgIpc) is 2.37. The molecule has 0 saturated heterocycles. The highest BCUT2D eigenvalue weighted by Gasteiger charge is 2.21. The Morgan fingerprint density at radius 1 is 1.00 bits per heavy atom. The molecular formula is C15H12ClF3. The molecule has 0 heterocycles. The normalized spacial score (nSPS) is 12.5.